The van der Waals surface area contributed by atoms with Crippen LogP contribution >= 0.6 is 0 Å². The lowest BCUT2D eigenvalue weighted by molar-refractivity contribution is -0.121. The molecule has 6 nitrogen and oxygen atoms in total. The van der Waals surface area contributed by atoms with Crippen LogP contribution in [0.2, 0.25) is 0 Å². The summed E-state index contributed by atoms with van der Waals surface area (Å²) >= 11 is 0. The fourth-order valence-corrected chi connectivity index (χ4v) is 3.05. The van der Waals surface area contributed by atoms with Gasteiger partial charge < -0.3 is 10.2 Å². The Balaban J connectivity index is 1.53. The summed E-state index contributed by atoms with van der Waals surface area (Å²) in [6, 6.07) is 10.4. The Hall–Kier alpha value is -3.02. The van der Waals surface area contributed by atoms with Crippen molar-refractivity contribution in [2.24, 2.45) is 5.92 Å². The lowest BCUT2D eigenvalue weighted by Gasteiger charge is -2.31. The van der Waals surface area contributed by atoms with Crippen LogP contribution in [0.1, 0.15) is 40.5 Å². The van der Waals surface area contributed by atoms with Crippen LogP contribution in [-0.2, 0) is 4.79 Å². The molecule has 1 saturated heterocycles. The molecule has 2 aromatic rings. The van der Waals surface area contributed by atoms with Crippen LogP contribution < -0.4 is 5.32 Å². The number of pyridine rings is 1. The number of amides is 2. The molecule has 1 aromatic carbocycles. The lowest BCUT2D eigenvalue weighted by Crippen LogP contribution is -2.41. The van der Waals surface area contributed by atoms with E-state index < -0.39 is 0 Å². The first kappa shape index (κ1) is 17.8. The number of ketones is 1. The van der Waals surface area contributed by atoms with E-state index in [9.17, 15) is 14.4 Å². The Bertz CT molecular complexity index is 795. The third-order valence-corrected chi connectivity index (χ3v) is 4.62. The van der Waals surface area contributed by atoms with Gasteiger partial charge >= 0.3 is 0 Å². The first-order valence-corrected chi connectivity index (χ1v) is 8.66. The number of carbonyl (C=O) groups excluding carboxylic acids is 3. The quantitative estimate of drug-likeness (QED) is 0.859. The summed E-state index contributed by atoms with van der Waals surface area (Å²) in [5.41, 5.74) is 1.86. The number of nitrogens with one attached hydrogen (secondary N) is 1. The normalized spacial score (nSPS) is 14.7. The standard InChI is InChI=1S/C20H21N3O3/c1-14(24)15-4-6-18(7-5-15)22-19(25)16-8-11-23(12-9-16)20(26)17-3-2-10-21-13-17/h2-7,10,13,16H,8-9,11-12H2,1H3,(H,22,25). The molecule has 1 N–H and O–H groups in total. The topological polar surface area (TPSA) is 79.4 Å². The minimum atomic E-state index is -0.125. The SMILES string of the molecule is CC(=O)c1ccc(NC(=O)C2CCN(C(=O)c3cccnc3)CC2)cc1. The van der Waals surface area contributed by atoms with Gasteiger partial charge in [0.15, 0.2) is 5.78 Å². The van der Waals surface area contributed by atoms with Crippen molar-refractivity contribution < 1.29 is 14.4 Å². The maximum atomic E-state index is 12.4. The molecule has 1 aliphatic heterocycles. The summed E-state index contributed by atoms with van der Waals surface area (Å²) in [5.74, 6) is -0.222. The van der Waals surface area contributed by atoms with Gasteiger partial charge in [0, 0.05) is 42.7 Å². The van der Waals surface area contributed by atoms with E-state index in [2.05, 4.69) is 10.3 Å². The molecule has 1 aliphatic rings. The Morgan fingerprint density at radius 3 is 2.31 bits per heavy atom. The van der Waals surface area contributed by atoms with Gasteiger partial charge in [0.25, 0.3) is 5.91 Å². The molecule has 0 spiro atoms. The smallest absolute Gasteiger partial charge is 0.255 e. The van der Waals surface area contributed by atoms with Gasteiger partial charge in [-0.15, -0.1) is 0 Å². The van der Waals surface area contributed by atoms with Crippen molar-refractivity contribution in [3.05, 3.63) is 59.9 Å². The Kier molecular flexibility index (Phi) is 5.41. The molecule has 6 heteroatoms. The number of rotatable bonds is 4. The van der Waals surface area contributed by atoms with E-state index in [1.807, 2.05) is 0 Å². The highest BCUT2D eigenvalue weighted by Crippen LogP contribution is 2.21. The monoisotopic (exact) mass is 351 g/mol. The summed E-state index contributed by atoms with van der Waals surface area (Å²) < 4.78 is 0. The fourth-order valence-electron chi connectivity index (χ4n) is 3.05. The number of Topliss-reactive ketones (excluding diaryl/α,β-unsaturated/α-hetero) is 1. The van der Waals surface area contributed by atoms with Crippen molar-refractivity contribution in [2.75, 3.05) is 18.4 Å². The summed E-state index contributed by atoms with van der Waals surface area (Å²) in [6.45, 7) is 2.61. The molecule has 0 atom stereocenters. The molecular formula is C20H21N3O3. The van der Waals surface area contributed by atoms with E-state index in [1.165, 1.54) is 6.92 Å². The largest absolute Gasteiger partial charge is 0.339 e. The summed E-state index contributed by atoms with van der Waals surface area (Å²) in [5, 5.41) is 2.89. The van der Waals surface area contributed by atoms with Crippen LogP contribution in [0.15, 0.2) is 48.8 Å². The molecule has 26 heavy (non-hydrogen) atoms. The molecule has 2 heterocycles. The Morgan fingerprint density at radius 1 is 1.04 bits per heavy atom. The number of nitrogens with zero attached hydrogens (tertiary/aromatic N) is 2. The molecular weight excluding hydrogens is 330 g/mol. The highest BCUT2D eigenvalue weighted by atomic mass is 16.2. The van der Waals surface area contributed by atoms with Gasteiger partial charge in [-0.2, -0.15) is 0 Å². The van der Waals surface area contributed by atoms with Crippen LogP contribution in [0, 0.1) is 5.92 Å². The predicted octanol–water partition coefficient (Wildman–Crippen LogP) is 2.78. The third-order valence-electron chi connectivity index (χ3n) is 4.62. The molecule has 0 unspecified atom stereocenters. The van der Waals surface area contributed by atoms with E-state index in [0.717, 1.165) is 0 Å². The summed E-state index contributed by atoms with van der Waals surface area (Å²) in [7, 11) is 0. The van der Waals surface area contributed by atoms with Crippen molar-refractivity contribution in [2.45, 2.75) is 19.8 Å². The van der Waals surface area contributed by atoms with Gasteiger partial charge in [0.05, 0.1) is 5.56 Å². The van der Waals surface area contributed by atoms with E-state index in [-0.39, 0.29) is 23.5 Å². The highest BCUT2D eigenvalue weighted by molar-refractivity contribution is 5.96. The van der Waals surface area contributed by atoms with Crippen molar-refractivity contribution in [3.63, 3.8) is 0 Å². The number of hydrogen-bond acceptors (Lipinski definition) is 4. The number of piperidine rings is 1. The second kappa shape index (κ2) is 7.91. The Labute approximate surface area is 152 Å². The maximum Gasteiger partial charge on any atom is 0.255 e. The molecule has 0 radical (unpaired) electrons. The van der Waals surface area contributed by atoms with Crippen LogP contribution in [-0.4, -0.2) is 40.6 Å². The zero-order valence-electron chi connectivity index (χ0n) is 14.6. The second-order valence-corrected chi connectivity index (χ2v) is 6.43. The van der Waals surface area contributed by atoms with Gasteiger partial charge in [-0.3, -0.25) is 19.4 Å². The zero-order chi connectivity index (χ0) is 18.5. The number of anilines is 1. The van der Waals surface area contributed by atoms with E-state index in [4.69, 9.17) is 0 Å². The average Bonchev–Trinajstić information content (AvgIpc) is 2.68. The molecule has 0 bridgehead atoms. The maximum absolute atomic E-state index is 12.4. The third kappa shape index (κ3) is 4.14. The van der Waals surface area contributed by atoms with Gasteiger partial charge in [-0.25, -0.2) is 0 Å². The number of hydrogen-bond donors (Lipinski definition) is 1. The summed E-state index contributed by atoms with van der Waals surface area (Å²) in [6.07, 6.45) is 4.45. The van der Waals surface area contributed by atoms with Crippen LogP contribution in [0.3, 0.4) is 0 Å². The van der Waals surface area contributed by atoms with Gasteiger partial charge in [0.2, 0.25) is 5.91 Å². The minimum absolute atomic E-state index is 0.00599. The van der Waals surface area contributed by atoms with Crippen LogP contribution in [0.4, 0.5) is 5.69 Å². The molecule has 3 rings (SSSR count). The molecule has 0 saturated carbocycles. The first-order valence-electron chi connectivity index (χ1n) is 8.66. The van der Waals surface area contributed by atoms with Crippen molar-refractivity contribution in [3.8, 4) is 0 Å². The molecule has 1 fully saturated rings. The van der Waals surface area contributed by atoms with Crippen molar-refractivity contribution >= 4 is 23.3 Å². The number of benzene rings is 1. The Morgan fingerprint density at radius 2 is 1.73 bits per heavy atom. The molecule has 0 aliphatic carbocycles. The fraction of sp³-hybridized carbons (Fsp3) is 0.300. The lowest BCUT2D eigenvalue weighted by atomic mass is 9.95. The number of aromatic nitrogens is 1. The summed E-state index contributed by atoms with van der Waals surface area (Å²) in [4.78, 5) is 41.9. The average molecular weight is 351 g/mol. The zero-order valence-corrected chi connectivity index (χ0v) is 14.6. The van der Waals surface area contributed by atoms with E-state index in [0.29, 0.717) is 42.7 Å². The second-order valence-electron chi connectivity index (χ2n) is 6.43. The molecule has 134 valence electrons. The van der Waals surface area contributed by atoms with Crippen LogP contribution in [0.25, 0.3) is 0 Å². The molecule has 1 aromatic heterocycles. The highest BCUT2D eigenvalue weighted by Gasteiger charge is 2.27. The predicted molar refractivity (Wildman–Crippen MR) is 97.9 cm³/mol. The minimum Gasteiger partial charge on any atom is -0.339 e. The first-order chi connectivity index (χ1) is 12.5. The van der Waals surface area contributed by atoms with Crippen molar-refractivity contribution in [1.82, 2.24) is 9.88 Å². The van der Waals surface area contributed by atoms with E-state index in [1.54, 1.807) is 53.7 Å². The van der Waals surface area contributed by atoms with Crippen LogP contribution in [0.5, 0.6) is 0 Å². The van der Waals surface area contributed by atoms with Gasteiger partial charge in [0.1, 0.15) is 0 Å². The van der Waals surface area contributed by atoms with E-state index >= 15 is 0 Å². The molecule has 2 amide bonds. The number of carbonyl (C=O) groups is 3. The van der Waals surface area contributed by atoms with Crippen molar-refractivity contribution in [1.29, 1.82) is 0 Å². The van der Waals surface area contributed by atoms with Gasteiger partial charge in [-0.05, 0) is 56.2 Å². The van der Waals surface area contributed by atoms with Gasteiger partial charge in [-0.1, -0.05) is 0 Å². The number of likely N-dealkylation sites (tertiary alicyclic amines) is 1.